The van der Waals surface area contributed by atoms with E-state index in [1.54, 1.807) is 26.0 Å². The van der Waals surface area contributed by atoms with Gasteiger partial charge in [0, 0.05) is 39.3 Å². The SMILES string of the molecule is CCCC1CC1NC(=NC)NCc1ccc(C(=O)N(C)C)cc1. The summed E-state index contributed by atoms with van der Waals surface area (Å²) in [6, 6.07) is 8.27. The average molecular weight is 316 g/mol. The zero-order valence-corrected chi connectivity index (χ0v) is 14.6. The highest BCUT2D eigenvalue weighted by atomic mass is 16.2. The summed E-state index contributed by atoms with van der Waals surface area (Å²) in [6.45, 7) is 2.93. The second-order valence-electron chi connectivity index (χ2n) is 6.36. The van der Waals surface area contributed by atoms with E-state index in [-0.39, 0.29) is 5.91 Å². The van der Waals surface area contributed by atoms with Crippen LogP contribution in [0.2, 0.25) is 0 Å². The molecule has 5 nitrogen and oxygen atoms in total. The Hall–Kier alpha value is -2.04. The molecule has 23 heavy (non-hydrogen) atoms. The lowest BCUT2D eigenvalue weighted by Crippen LogP contribution is -2.38. The third-order valence-corrected chi connectivity index (χ3v) is 4.19. The number of benzene rings is 1. The molecule has 0 spiro atoms. The molecular weight excluding hydrogens is 288 g/mol. The van der Waals surface area contributed by atoms with Crippen LogP contribution in [0.5, 0.6) is 0 Å². The van der Waals surface area contributed by atoms with Crippen molar-refractivity contribution in [3.05, 3.63) is 35.4 Å². The maximum Gasteiger partial charge on any atom is 0.253 e. The normalized spacial score (nSPS) is 20.1. The predicted molar refractivity (Wildman–Crippen MR) is 94.6 cm³/mol. The van der Waals surface area contributed by atoms with Gasteiger partial charge in [-0.05, 0) is 36.5 Å². The van der Waals surface area contributed by atoms with E-state index in [4.69, 9.17) is 0 Å². The van der Waals surface area contributed by atoms with E-state index in [1.807, 2.05) is 24.3 Å². The molecule has 126 valence electrons. The van der Waals surface area contributed by atoms with Gasteiger partial charge in [-0.1, -0.05) is 25.5 Å². The van der Waals surface area contributed by atoms with Crippen molar-refractivity contribution >= 4 is 11.9 Å². The first kappa shape index (κ1) is 17.3. The first-order chi connectivity index (χ1) is 11.0. The first-order valence-electron chi connectivity index (χ1n) is 8.33. The molecule has 1 aliphatic carbocycles. The molecule has 1 aromatic rings. The minimum absolute atomic E-state index is 0.0256. The molecular formula is C18H28N4O. The quantitative estimate of drug-likeness (QED) is 0.625. The number of rotatable bonds is 6. The lowest BCUT2D eigenvalue weighted by molar-refractivity contribution is 0.0827. The molecule has 0 aliphatic heterocycles. The Morgan fingerprint density at radius 2 is 2.00 bits per heavy atom. The van der Waals surface area contributed by atoms with Crippen molar-refractivity contribution < 1.29 is 4.79 Å². The van der Waals surface area contributed by atoms with Crippen LogP contribution in [-0.4, -0.2) is 44.0 Å². The van der Waals surface area contributed by atoms with Crippen molar-refractivity contribution in [2.45, 2.75) is 38.8 Å². The van der Waals surface area contributed by atoms with Crippen LogP contribution in [0, 0.1) is 5.92 Å². The molecule has 0 radical (unpaired) electrons. The first-order valence-corrected chi connectivity index (χ1v) is 8.33. The van der Waals surface area contributed by atoms with Gasteiger partial charge in [0.15, 0.2) is 5.96 Å². The second-order valence-corrected chi connectivity index (χ2v) is 6.36. The molecule has 1 amide bonds. The van der Waals surface area contributed by atoms with E-state index in [1.165, 1.54) is 19.3 Å². The molecule has 2 rings (SSSR count). The lowest BCUT2D eigenvalue weighted by atomic mass is 10.1. The Labute approximate surface area is 139 Å². The van der Waals surface area contributed by atoms with Gasteiger partial charge >= 0.3 is 0 Å². The fraction of sp³-hybridized carbons (Fsp3) is 0.556. The Morgan fingerprint density at radius 1 is 1.30 bits per heavy atom. The van der Waals surface area contributed by atoms with E-state index in [0.29, 0.717) is 18.2 Å². The van der Waals surface area contributed by atoms with Crippen LogP contribution in [-0.2, 0) is 6.54 Å². The number of carbonyl (C=O) groups is 1. The third kappa shape index (κ3) is 4.98. The Morgan fingerprint density at radius 3 is 2.57 bits per heavy atom. The van der Waals surface area contributed by atoms with Gasteiger partial charge in [0.2, 0.25) is 0 Å². The number of aliphatic imine (C=N–C) groups is 1. The van der Waals surface area contributed by atoms with Crippen molar-refractivity contribution in [3.8, 4) is 0 Å². The molecule has 1 aromatic carbocycles. The van der Waals surface area contributed by atoms with E-state index in [2.05, 4.69) is 22.5 Å². The fourth-order valence-electron chi connectivity index (χ4n) is 2.69. The van der Waals surface area contributed by atoms with Gasteiger partial charge in [-0.15, -0.1) is 0 Å². The van der Waals surface area contributed by atoms with Gasteiger partial charge < -0.3 is 15.5 Å². The van der Waals surface area contributed by atoms with E-state index < -0.39 is 0 Å². The Bertz CT molecular complexity index is 551. The third-order valence-electron chi connectivity index (χ3n) is 4.19. The number of carbonyl (C=O) groups excluding carboxylic acids is 1. The Kier molecular flexibility index (Phi) is 6.02. The number of nitrogens with zero attached hydrogens (tertiary/aromatic N) is 2. The second kappa shape index (κ2) is 7.99. The molecule has 0 bridgehead atoms. The van der Waals surface area contributed by atoms with Crippen LogP contribution in [0.15, 0.2) is 29.3 Å². The zero-order chi connectivity index (χ0) is 16.8. The summed E-state index contributed by atoms with van der Waals surface area (Å²) >= 11 is 0. The highest BCUT2D eigenvalue weighted by Crippen LogP contribution is 2.34. The minimum Gasteiger partial charge on any atom is -0.353 e. The summed E-state index contributed by atoms with van der Waals surface area (Å²) in [5, 5.41) is 6.80. The van der Waals surface area contributed by atoms with Crippen LogP contribution in [0.3, 0.4) is 0 Å². The fourth-order valence-corrected chi connectivity index (χ4v) is 2.69. The summed E-state index contributed by atoms with van der Waals surface area (Å²) < 4.78 is 0. The molecule has 5 heteroatoms. The molecule has 1 fully saturated rings. The van der Waals surface area contributed by atoms with Crippen molar-refractivity contribution in [2.24, 2.45) is 10.9 Å². The Balaban J connectivity index is 1.81. The summed E-state index contributed by atoms with van der Waals surface area (Å²) in [4.78, 5) is 17.7. The molecule has 0 saturated heterocycles. The molecule has 0 heterocycles. The van der Waals surface area contributed by atoms with Gasteiger partial charge in [-0.2, -0.15) is 0 Å². The van der Waals surface area contributed by atoms with E-state index in [9.17, 15) is 4.79 Å². The zero-order valence-electron chi connectivity index (χ0n) is 14.6. The largest absolute Gasteiger partial charge is 0.353 e. The topological polar surface area (TPSA) is 56.7 Å². The predicted octanol–water partition coefficient (Wildman–Crippen LogP) is 2.24. The molecule has 2 unspecified atom stereocenters. The average Bonchev–Trinajstić information content (AvgIpc) is 3.29. The van der Waals surface area contributed by atoms with Crippen molar-refractivity contribution in [2.75, 3.05) is 21.1 Å². The van der Waals surface area contributed by atoms with Crippen molar-refractivity contribution in [3.63, 3.8) is 0 Å². The minimum atomic E-state index is 0.0256. The number of amides is 1. The number of hydrogen-bond donors (Lipinski definition) is 2. The molecule has 1 aliphatic rings. The number of nitrogens with one attached hydrogen (secondary N) is 2. The smallest absolute Gasteiger partial charge is 0.253 e. The maximum atomic E-state index is 11.9. The van der Waals surface area contributed by atoms with Gasteiger partial charge in [0.25, 0.3) is 5.91 Å². The van der Waals surface area contributed by atoms with Gasteiger partial charge in [-0.25, -0.2) is 0 Å². The molecule has 0 aromatic heterocycles. The molecule has 1 saturated carbocycles. The van der Waals surface area contributed by atoms with E-state index in [0.717, 1.165) is 17.4 Å². The van der Waals surface area contributed by atoms with Gasteiger partial charge in [0.05, 0.1) is 0 Å². The standard InChI is InChI=1S/C18H28N4O/c1-5-6-15-11-16(15)21-18(19-2)20-12-13-7-9-14(10-8-13)17(23)22(3)4/h7-10,15-16H,5-6,11-12H2,1-4H3,(H2,19,20,21). The summed E-state index contributed by atoms with van der Waals surface area (Å²) in [5.41, 5.74) is 1.84. The molecule has 2 N–H and O–H groups in total. The van der Waals surface area contributed by atoms with Crippen LogP contribution in [0.1, 0.15) is 42.1 Å². The highest BCUT2D eigenvalue weighted by Gasteiger charge is 2.36. The highest BCUT2D eigenvalue weighted by molar-refractivity contribution is 5.93. The maximum absolute atomic E-state index is 11.9. The summed E-state index contributed by atoms with van der Waals surface area (Å²) in [6.07, 6.45) is 3.78. The lowest BCUT2D eigenvalue weighted by Gasteiger charge is -2.13. The van der Waals surface area contributed by atoms with Crippen LogP contribution < -0.4 is 10.6 Å². The van der Waals surface area contributed by atoms with Crippen molar-refractivity contribution in [1.29, 1.82) is 0 Å². The monoisotopic (exact) mass is 316 g/mol. The number of hydrogen-bond acceptors (Lipinski definition) is 2. The van der Waals surface area contributed by atoms with Gasteiger partial charge in [-0.3, -0.25) is 9.79 Å². The van der Waals surface area contributed by atoms with Crippen LogP contribution >= 0.6 is 0 Å². The van der Waals surface area contributed by atoms with Crippen molar-refractivity contribution in [1.82, 2.24) is 15.5 Å². The van der Waals surface area contributed by atoms with Gasteiger partial charge in [0.1, 0.15) is 0 Å². The summed E-state index contributed by atoms with van der Waals surface area (Å²) in [7, 11) is 5.32. The van der Waals surface area contributed by atoms with Crippen LogP contribution in [0.4, 0.5) is 0 Å². The summed E-state index contributed by atoms with van der Waals surface area (Å²) in [5.74, 6) is 1.68. The van der Waals surface area contributed by atoms with E-state index >= 15 is 0 Å². The molecule has 2 atom stereocenters. The van der Waals surface area contributed by atoms with Crippen LogP contribution in [0.25, 0.3) is 0 Å². The number of guanidine groups is 1.